The number of hydrogen-bond donors (Lipinski definition) is 2. The Balaban J connectivity index is 2.57. The van der Waals surface area contributed by atoms with E-state index in [1.807, 2.05) is 26.0 Å². The van der Waals surface area contributed by atoms with Crippen LogP contribution in [0.3, 0.4) is 0 Å². The number of hydrogen-bond acceptors (Lipinski definition) is 2. The fourth-order valence-corrected chi connectivity index (χ4v) is 2.26. The quantitative estimate of drug-likeness (QED) is 0.833. The van der Waals surface area contributed by atoms with Gasteiger partial charge in [-0.2, -0.15) is 0 Å². The summed E-state index contributed by atoms with van der Waals surface area (Å²) >= 11 is 6.05. The summed E-state index contributed by atoms with van der Waals surface area (Å²) in [6, 6.07) is 3.59. The molecule has 1 aromatic rings. The van der Waals surface area contributed by atoms with E-state index in [0.29, 0.717) is 5.02 Å². The second-order valence-electron chi connectivity index (χ2n) is 4.18. The highest BCUT2D eigenvalue weighted by Gasteiger charge is 2.30. The van der Waals surface area contributed by atoms with Gasteiger partial charge >= 0.3 is 0 Å². The van der Waals surface area contributed by atoms with E-state index in [9.17, 15) is 4.79 Å². The molecule has 3 nitrogen and oxygen atoms in total. The molecule has 0 radical (unpaired) electrons. The molecule has 0 bridgehead atoms. The molecule has 1 heterocycles. The van der Waals surface area contributed by atoms with Gasteiger partial charge in [-0.15, -0.1) is 0 Å². The third-order valence-corrected chi connectivity index (χ3v) is 3.33. The predicted molar refractivity (Wildman–Crippen MR) is 65.7 cm³/mol. The van der Waals surface area contributed by atoms with E-state index in [1.165, 1.54) is 0 Å². The topological polar surface area (TPSA) is 55.1 Å². The van der Waals surface area contributed by atoms with Gasteiger partial charge in [0.05, 0.1) is 5.92 Å². The van der Waals surface area contributed by atoms with Crippen LogP contribution < -0.4 is 11.1 Å². The summed E-state index contributed by atoms with van der Waals surface area (Å²) in [4.78, 5) is 11.6. The summed E-state index contributed by atoms with van der Waals surface area (Å²) in [5.41, 5.74) is 8.76. The van der Waals surface area contributed by atoms with E-state index in [1.54, 1.807) is 0 Å². The molecule has 1 amide bonds. The zero-order valence-corrected chi connectivity index (χ0v) is 10.1. The van der Waals surface area contributed by atoms with E-state index in [-0.39, 0.29) is 17.9 Å². The molecule has 0 aliphatic carbocycles. The third-order valence-electron chi connectivity index (χ3n) is 3.11. The van der Waals surface area contributed by atoms with Gasteiger partial charge in [-0.3, -0.25) is 4.79 Å². The zero-order chi connectivity index (χ0) is 11.9. The van der Waals surface area contributed by atoms with Gasteiger partial charge in [-0.25, -0.2) is 0 Å². The van der Waals surface area contributed by atoms with Crippen molar-refractivity contribution in [1.82, 2.24) is 0 Å². The Morgan fingerprint density at radius 1 is 1.56 bits per heavy atom. The van der Waals surface area contributed by atoms with Crippen LogP contribution in [0.4, 0.5) is 5.69 Å². The van der Waals surface area contributed by atoms with Crippen molar-refractivity contribution >= 4 is 23.2 Å². The second-order valence-corrected chi connectivity index (χ2v) is 4.62. The van der Waals surface area contributed by atoms with E-state index >= 15 is 0 Å². The number of anilines is 1. The summed E-state index contributed by atoms with van der Waals surface area (Å²) < 4.78 is 0. The van der Waals surface area contributed by atoms with Crippen molar-refractivity contribution in [2.24, 2.45) is 5.73 Å². The first-order valence-corrected chi connectivity index (χ1v) is 5.82. The molecular formula is C12H15ClN2O. The number of benzene rings is 1. The van der Waals surface area contributed by atoms with Gasteiger partial charge in [0.25, 0.3) is 0 Å². The number of nitrogens with one attached hydrogen (secondary N) is 1. The lowest BCUT2D eigenvalue weighted by Crippen LogP contribution is -2.12. The van der Waals surface area contributed by atoms with Crippen molar-refractivity contribution in [1.29, 1.82) is 0 Å². The number of fused-ring (bicyclic) bond motifs is 1. The minimum atomic E-state index is -0.142. The number of nitrogens with two attached hydrogens (primary N) is 1. The zero-order valence-electron chi connectivity index (χ0n) is 9.38. The number of halogens is 1. The van der Waals surface area contributed by atoms with Crippen molar-refractivity contribution in [2.75, 3.05) is 5.32 Å². The Kier molecular flexibility index (Phi) is 2.91. The van der Waals surface area contributed by atoms with Gasteiger partial charge in [0.2, 0.25) is 5.91 Å². The first kappa shape index (κ1) is 11.4. The molecular weight excluding hydrogens is 224 g/mol. The van der Waals surface area contributed by atoms with Crippen LogP contribution >= 0.6 is 11.6 Å². The minimum absolute atomic E-state index is 0.0156. The number of carbonyl (C=O) groups is 1. The SMILES string of the molecule is CCC(N)c1cc(Cl)cc2c1NC(=O)C2C. The molecule has 2 atom stereocenters. The molecule has 0 aromatic heterocycles. The van der Waals surface area contributed by atoms with E-state index < -0.39 is 0 Å². The van der Waals surface area contributed by atoms with E-state index in [2.05, 4.69) is 5.32 Å². The Morgan fingerprint density at radius 3 is 2.88 bits per heavy atom. The van der Waals surface area contributed by atoms with Crippen LogP contribution in [0, 0.1) is 0 Å². The molecule has 16 heavy (non-hydrogen) atoms. The Hall–Kier alpha value is -1.06. The second kappa shape index (κ2) is 4.07. The Labute approximate surface area is 100.0 Å². The molecule has 1 aliphatic rings. The van der Waals surface area contributed by atoms with Crippen LogP contribution in [-0.2, 0) is 4.79 Å². The van der Waals surface area contributed by atoms with Gasteiger partial charge < -0.3 is 11.1 Å². The van der Waals surface area contributed by atoms with E-state index in [4.69, 9.17) is 17.3 Å². The monoisotopic (exact) mass is 238 g/mol. The maximum Gasteiger partial charge on any atom is 0.231 e. The lowest BCUT2D eigenvalue weighted by Gasteiger charge is -2.14. The lowest BCUT2D eigenvalue weighted by molar-refractivity contribution is -0.116. The van der Waals surface area contributed by atoms with Crippen molar-refractivity contribution in [2.45, 2.75) is 32.2 Å². The van der Waals surface area contributed by atoms with Crippen molar-refractivity contribution < 1.29 is 4.79 Å². The summed E-state index contributed by atoms with van der Waals surface area (Å²) in [6.45, 7) is 3.89. The number of rotatable bonds is 2. The van der Waals surface area contributed by atoms with Crippen LogP contribution in [0.15, 0.2) is 12.1 Å². The minimum Gasteiger partial charge on any atom is -0.325 e. The summed E-state index contributed by atoms with van der Waals surface area (Å²) in [7, 11) is 0. The molecule has 0 saturated carbocycles. The average molecular weight is 239 g/mol. The maximum absolute atomic E-state index is 11.6. The van der Waals surface area contributed by atoms with Crippen LogP contribution in [-0.4, -0.2) is 5.91 Å². The van der Waals surface area contributed by atoms with Gasteiger partial charge in [-0.1, -0.05) is 18.5 Å². The Morgan fingerprint density at radius 2 is 2.25 bits per heavy atom. The molecule has 4 heteroatoms. The molecule has 0 saturated heterocycles. The molecule has 86 valence electrons. The van der Waals surface area contributed by atoms with Crippen LogP contribution in [0.25, 0.3) is 0 Å². The molecule has 1 aliphatic heterocycles. The Bertz CT molecular complexity index is 445. The van der Waals surface area contributed by atoms with Crippen molar-refractivity contribution in [3.8, 4) is 0 Å². The highest BCUT2D eigenvalue weighted by Crippen LogP contribution is 2.39. The highest BCUT2D eigenvalue weighted by atomic mass is 35.5. The normalized spacial score (nSPS) is 20.5. The standard InChI is InChI=1S/C12H15ClN2O/c1-3-10(14)9-5-7(13)4-8-6(2)12(16)15-11(8)9/h4-6,10H,3,14H2,1-2H3,(H,15,16). The fourth-order valence-electron chi connectivity index (χ4n) is 2.02. The average Bonchev–Trinajstić information content (AvgIpc) is 2.54. The molecule has 2 rings (SSSR count). The number of carbonyl (C=O) groups excluding carboxylic acids is 1. The van der Waals surface area contributed by atoms with Gasteiger partial charge in [-0.05, 0) is 36.6 Å². The summed E-state index contributed by atoms with van der Waals surface area (Å²) in [5.74, 6) is -0.127. The van der Waals surface area contributed by atoms with Gasteiger partial charge in [0.15, 0.2) is 0 Å². The summed E-state index contributed by atoms with van der Waals surface area (Å²) in [5, 5.41) is 3.52. The van der Waals surface area contributed by atoms with Crippen molar-refractivity contribution in [3.63, 3.8) is 0 Å². The highest BCUT2D eigenvalue weighted by molar-refractivity contribution is 6.31. The molecule has 2 unspecified atom stereocenters. The van der Waals surface area contributed by atoms with Gasteiger partial charge in [0.1, 0.15) is 0 Å². The summed E-state index contributed by atoms with van der Waals surface area (Å²) in [6.07, 6.45) is 0.817. The molecule has 0 fully saturated rings. The molecule has 1 aromatic carbocycles. The van der Waals surface area contributed by atoms with Crippen LogP contribution in [0.5, 0.6) is 0 Å². The predicted octanol–water partition coefficient (Wildman–Crippen LogP) is 2.81. The smallest absolute Gasteiger partial charge is 0.231 e. The van der Waals surface area contributed by atoms with Gasteiger partial charge in [0, 0.05) is 16.8 Å². The molecule has 3 N–H and O–H groups in total. The third kappa shape index (κ3) is 1.70. The van der Waals surface area contributed by atoms with E-state index in [0.717, 1.165) is 23.2 Å². The van der Waals surface area contributed by atoms with Crippen LogP contribution in [0.2, 0.25) is 5.02 Å². The first-order valence-electron chi connectivity index (χ1n) is 5.44. The number of amides is 1. The molecule has 0 spiro atoms. The van der Waals surface area contributed by atoms with Crippen molar-refractivity contribution in [3.05, 3.63) is 28.3 Å². The fraction of sp³-hybridized carbons (Fsp3) is 0.417. The van der Waals surface area contributed by atoms with Crippen LogP contribution in [0.1, 0.15) is 43.4 Å². The first-order chi connectivity index (χ1) is 7.54. The maximum atomic E-state index is 11.6. The lowest BCUT2D eigenvalue weighted by atomic mass is 9.96. The largest absolute Gasteiger partial charge is 0.325 e.